The summed E-state index contributed by atoms with van der Waals surface area (Å²) in [5.41, 5.74) is 5.00. The molecule has 2 aromatic heterocycles. The molecule has 4 aliphatic carbocycles. The predicted octanol–water partition coefficient (Wildman–Crippen LogP) is 5.59. The van der Waals surface area contributed by atoms with Crippen LogP contribution in [0, 0.1) is 17.8 Å². The number of fused-ring (bicyclic) bond motifs is 1. The van der Waals surface area contributed by atoms with Gasteiger partial charge in [-0.1, -0.05) is 18.2 Å². The topological polar surface area (TPSA) is 43.6 Å². The highest BCUT2D eigenvalue weighted by Crippen LogP contribution is 2.60. The number of thiazole rings is 1. The van der Waals surface area contributed by atoms with Gasteiger partial charge in [0.15, 0.2) is 4.96 Å². The maximum Gasteiger partial charge on any atom is 0.302 e. The first kappa shape index (κ1) is 17.7. The fourth-order valence-electron chi connectivity index (χ4n) is 6.68. The molecule has 4 aliphatic rings. The van der Waals surface area contributed by atoms with E-state index >= 15 is 0 Å². The highest BCUT2D eigenvalue weighted by atomic mass is 32.1. The monoisotopic (exact) mass is 406 g/mol. The van der Waals surface area contributed by atoms with Gasteiger partial charge in [-0.05, 0) is 73.5 Å². The summed E-state index contributed by atoms with van der Waals surface area (Å²) in [6, 6.07) is 8.29. The van der Waals surface area contributed by atoms with Crippen molar-refractivity contribution in [3.05, 3.63) is 47.1 Å². The molecular weight excluding hydrogens is 380 g/mol. The van der Waals surface area contributed by atoms with Gasteiger partial charge in [-0.3, -0.25) is 9.20 Å². The maximum atomic E-state index is 11.1. The van der Waals surface area contributed by atoms with Crippen molar-refractivity contribution in [2.45, 2.75) is 57.5 Å². The second-order valence-corrected chi connectivity index (χ2v) is 10.4. The first-order valence-electron chi connectivity index (χ1n) is 10.8. The van der Waals surface area contributed by atoms with Crippen LogP contribution in [0.25, 0.3) is 16.2 Å². The van der Waals surface area contributed by atoms with Gasteiger partial charge >= 0.3 is 5.97 Å². The minimum atomic E-state index is -0.247. The lowest BCUT2D eigenvalue weighted by Crippen LogP contribution is -2.48. The molecule has 0 N–H and O–H groups in total. The van der Waals surface area contributed by atoms with Gasteiger partial charge in [-0.25, -0.2) is 4.98 Å². The van der Waals surface area contributed by atoms with E-state index in [1.807, 2.05) is 12.1 Å². The summed E-state index contributed by atoms with van der Waals surface area (Å²) >= 11 is 1.72. The molecule has 2 heterocycles. The number of hydrogen-bond donors (Lipinski definition) is 0. The number of rotatable bonds is 4. The summed E-state index contributed by atoms with van der Waals surface area (Å²) in [6.07, 6.45) is 10.7. The van der Waals surface area contributed by atoms with Crippen molar-refractivity contribution in [1.29, 1.82) is 0 Å². The highest BCUT2D eigenvalue weighted by molar-refractivity contribution is 7.15. The first-order chi connectivity index (χ1) is 14.1. The van der Waals surface area contributed by atoms with Crippen molar-refractivity contribution < 1.29 is 9.53 Å². The van der Waals surface area contributed by atoms with Gasteiger partial charge in [-0.15, -0.1) is 11.3 Å². The van der Waals surface area contributed by atoms with Crippen molar-refractivity contribution >= 4 is 22.3 Å². The molecule has 0 unspecified atom stereocenters. The lowest BCUT2D eigenvalue weighted by molar-refractivity contribution is -0.142. The quantitative estimate of drug-likeness (QED) is 0.530. The Hall–Kier alpha value is -2.14. The molecule has 5 heteroatoms. The van der Waals surface area contributed by atoms with E-state index in [1.165, 1.54) is 56.8 Å². The summed E-state index contributed by atoms with van der Waals surface area (Å²) in [5, 5.41) is 2.19. The minimum absolute atomic E-state index is 0.247. The average Bonchev–Trinajstić information content (AvgIpc) is 3.27. The Morgan fingerprint density at radius 1 is 1.21 bits per heavy atom. The molecule has 0 saturated heterocycles. The Bertz CT molecular complexity index is 1060. The van der Waals surface area contributed by atoms with E-state index in [0.717, 1.165) is 33.8 Å². The molecule has 3 aromatic rings. The maximum absolute atomic E-state index is 11.1. The van der Waals surface area contributed by atoms with Crippen LogP contribution in [0.2, 0.25) is 0 Å². The number of benzene rings is 1. The van der Waals surface area contributed by atoms with Gasteiger partial charge in [0, 0.05) is 23.9 Å². The van der Waals surface area contributed by atoms with Gasteiger partial charge in [0.25, 0.3) is 0 Å². The smallest absolute Gasteiger partial charge is 0.302 e. The third kappa shape index (κ3) is 2.93. The van der Waals surface area contributed by atoms with Gasteiger partial charge in [0.2, 0.25) is 0 Å². The number of esters is 1. The molecule has 4 fully saturated rings. The van der Waals surface area contributed by atoms with Crippen LogP contribution in [0.1, 0.15) is 56.7 Å². The number of carbonyl (C=O) groups excluding carboxylic acids is 1. The summed E-state index contributed by atoms with van der Waals surface area (Å²) in [5.74, 6) is 2.54. The van der Waals surface area contributed by atoms with Crippen molar-refractivity contribution in [3.63, 3.8) is 0 Å². The fraction of sp³-hybridized carbons (Fsp3) is 0.500. The van der Waals surface area contributed by atoms with Crippen LogP contribution < -0.4 is 0 Å². The Morgan fingerprint density at radius 3 is 2.62 bits per heavy atom. The van der Waals surface area contributed by atoms with E-state index in [-0.39, 0.29) is 5.97 Å². The molecule has 4 bridgehead atoms. The summed E-state index contributed by atoms with van der Waals surface area (Å²) < 4.78 is 7.46. The molecule has 0 atom stereocenters. The highest BCUT2D eigenvalue weighted by Gasteiger charge is 2.52. The van der Waals surface area contributed by atoms with E-state index < -0.39 is 0 Å². The number of nitrogens with zero attached hydrogens (tertiary/aromatic N) is 2. The van der Waals surface area contributed by atoms with Crippen LogP contribution in [0.5, 0.6) is 0 Å². The molecular formula is C24H26N2O2S. The van der Waals surface area contributed by atoms with Crippen molar-refractivity contribution in [2.75, 3.05) is 0 Å². The van der Waals surface area contributed by atoms with Gasteiger partial charge < -0.3 is 4.74 Å². The lowest BCUT2D eigenvalue weighted by Gasteiger charge is -2.56. The Balaban J connectivity index is 1.35. The molecule has 4 saturated carbocycles. The Morgan fingerprint density at radius 2 is 1.93 bits per heavy atom. The first-order valence-corrected chi connectivity index (χ1v) is 11.7. The van der Waals surface area contributed by atoms with Gasteiger partial charge in [-0.2, -0.15) is 0 Å². The lowest BCUT2D eigenvalue weighted by atomic mass is 9.49. The Labute approximate surface area is 174 Å². The largest absolute Gasteiger partial charge is 0.461 e. The van der Waals surface area contributed by atoms with Crippen molar-refractivity contribution in [2.24, 2.45) is 17.8 Å². The molecule has 1 aromatic carbocycles. The summed E-state index contributed by atoms with van der Waals surface area (Å²) in [6.45, 7) is 1.77. The van der Waals surface area contributed by atoms with Crippen molar-refractivity contribution in [1.82, 2.24) is 9.38 Å². The number of carbonyl (C=O) groups is 1. The zero-order valence-corrected chi connectivity index (χ0v) is 17.6. The van der Waals surface area contributed by atoms with E-state index in [0.29, 0.717) is 12.0 Å². The average molecular weight is 407 g/mol. The SMILES string of the molecule is CC(=O)OCc1cccc(-c2csc3nc(C45CC6CC(CC(C6)C4)C5)cn23)c1. The van der Waals surface area contributed by atoms with E-state index in [4.69, 9.17) is 9.72 Å². The molecule has 29 heavy (non-hydrogen) atoms. The molecule has 7 rings (SSSR count). The van der Waals surface area contributed by atoms with Crippen LogP contribution >= 0.6 is 11.3 Å². The van der Waals surface area contributed by atoms with Gasteiger partial charge in [0.05, 0.1) is 11.4 Å². The molecule has 0 amide bonds. The summed E-state index contributed by atoms with van der Waals surface area (Å²) in [4.78, 5) is 17.4. The molecule has 0 radical (unpaired) electrons. The van der Waals surface area contributed by atoms with Gasteiger partial charge in [0.1, 0.15) is 6.61 Å². The number of ether oxygens (including phenoxy) is 1. The fourth-order valence-corrected chi connectivity index (χ4v) is 7.56. The minimum Gasteiger partial charge on any atom is -0.461 e. The Kier molecular flexibility index (Phi) is 3.92. The van der Waals surface area contributed by atoms with E-state index in [1.54, 1.807) is 11.3 Å². The van der Waals surface area contributed by atoms with Crippen molar-refractivity contribution in [3.8, 4) is 11.3 Å². The normalized spacial score (nSPS) is 30.2. The predicted molar refractivity (Wildman–Crippen MR) is 114 cm³/mol. The molecule has 4 nitrogen and oxygen atoms in total. The van der Waals surface area contributed by atoms with E-state index in [9.17, 15) is 4.79 Å². The standard InChI is InChI=1S/C24H26N2O2S/c1-15(27)28-13-16-3-2-4-20(8-16)21-14-29-23-25-22(12-26(21)23)24-9-17-5-18(10-24)7-19(6-17)11-24/h2-4,8,12,14,17-19H,5-7,9-11,13H2,1H3. The van der Waals surface area contributed by atoms with E-state index in [2.05, 4.69) is 28.1 Å². The van der Waals surface area contributed by atoms with Crippen LogP contribution in [0.3, 0.4) is 0 Å². The molecule has 0 aliphatic heterocycles. The van der Waals surface area contributed by atoms with Crippen LogP contribution in [-0.4, -0.2) is 15.4 Å². The van der Waals surface area contributed by atoms with Crippen LogP contribution in [0.15, 0.2) is 35.8 Å². The second-order valence-electron chi connectivity index (χ2n) is 9.58. The van der Waals surface area contributed by atoms with Crippen LogP contribution in [0.4, 0.5) is 0 Å². The zero-order valence-electron chi connectivity index (χ0n) is 16.8. The third-order valence-corrected chi connectivity index (χ3v) is 8.30. The molecule has 150 valence electrons. The number of hydrogen-bond acceptors (Lipinski definition) is 4. The zero-order chi connectivity index (χ0) is 19.6. The summed E-state index contributed by atoms with van der Waals surface area (Å²) in [7, 11) is 0. The second kappa shape index (κ2) is 6.43. The number of aromatic nitrogens is 2. The van der Waals surface area contributed by atoms with Crippen LogP contribution in [-0.2, 0) is 21.6 Å². The third-order valence-electron chi connectivity index (χ3n) is 7.46. The molecule has 0 spiro atoms. The number of imidazole rings is 1.